The van der Waals surface area contributed by atoms with Gasteiger partial charge >= 0.3 is 8.03 Å². The zero-order valence-electron chi connectivity index (χ0n) is 7.37. The number of halogens is 1. The van der Waals surface area contributed by atoms with Crippen molar-refractivity contribution in [3.8, 4) is 0 Å². The molecule has 2 nitrogen and oxygen atoms in total. The monoisotopic (exact) mass is 201 g/mol. The van der Waals surface area contributed by atoms with E-state index in [4.69, 9.17) is 4.52 Å². The van der Waals surface area contributed by atoms with Crippen LogP contribution in [0.25, 0.3) is 0 Å². The Kier molecular flexibility index (Phi) is 4.00. The lowest BCUT2D eigenvalue weighted by Gasteiger charge is -1.91. The largest absolute Gasteiger partial charge is 0.512 e. The van der Waals surface area contributed by atoms with E-state index in [0.29, 0.717) is 12.2 Å². The van der Waals surface area contributed by atoms with Gasteiger partial charge in [-0.05, 0) is 23.6 Å². The summed E-state index contributed by atoms with van der Waals surface area (Å²) in [6.07, 6.45) is 0.279. The van der Waals surface area contributed by atoms with E-state index < -0.39 is 8.03 Å². The standard InChI is InChI=1S/C9H11FO2P/c1-2-12-13(11)7-8-4-3-5-9(10)6-8/h3-6H,2,7H2,1H3/q+1. The van der Waals surface area contributed by atoms with Crippen molar-refractivity contribution in [1.29, 1.82) is 0 Å². The fraction of sp³-hybridized carbons (Fsp3) is 0.333. The molecule has 0 saturated heterocycles. The summed E-state index contributed by atoms with van der Waals surface area (Å²) in [5.41, 5.74) is 0.703. The predicted octanol–water partition coefficient (Wildman–Crippen LogP) is 3.10. The van der Waals surface area contributed by atoms with Gasteiger partial charge in [0.1, 0.15) is 5.82 Å². The predicted molar refractivity (Wildman–Crippen MR) is 49.3 cm³/mol. The molecular weight excluding hydrogens is 190 g/mol. The molecular formula is C9H11FO2P+. The van der Waals surface area contributed by atoms with Crippen LogP contribution in [0, 0.1) is 5.82 Å². The Bertz CT molecular complexity index is 301. The van der Waals surface area contributed by atoms with Gasteiger partial charge in [-0.3, -0.25) is 0 Å². The van der Waals surface area contributed by atoms with Crippen molar-refractivity contribution in [2.45, 2.75) is 13.1 Å². The summed E-state index contributed by atoms with van der Waals surface area (Å²) >= 11 is 0. The van der Waals surface area contributed by atoms with Crippen LogP contribution in [0.2, 0.25) is 0 Å². The second kappa shape index (κ2) is 5.05. The topological polar surface area (TPSA) is 26.3 Å². The number of hydrogen-bond acceptors (Lipinski definition) is 2. The highest BCUT2D eigenvalue weighted by Gasteiger charge is 2.16. The molecule has 1 unspecified atom stereocenters. The number of hydrogen-bond donors (Lipinski definition) is 0. The summed E-state index contributed by atoms with van der Waals surface area (Å²) in [6.45, 7) is 2.20. The first-order chi connectivity index (χ1) is 6.22. The maximum atomic E-state index is 12.7. The molecule has 0 aliphatic heterocycles. The van der Waals surface area contributed by atoms with Gasteiger partial charge in [0.15, 0.2) is 0 Å². The summed E-state index contributed by atoms with van der Waals surface area (Å²) in [5.74, 6) is -0.308. The van der Waals surface area contributed by atoms with Crippen molar-refractivity contribution < 1.29 is 13.5 Å². The minimum atomic E-state index is -1.69. The summed E-state index contributed by atoms with van der Waals surface area (Å²) in [7, 11) is -1.69. The van der Waals surface area contributed by atoms with E-state index in [0.717, 1.165) is 0 Å². The van der Waals surface area contributed by atoms with Gasteiger partial charge in [0.25, 0.3) is 0 Å². The molecule has 70 valence electrons. The van der Waals surface area contributed by atoms with E-state index in [2.05, 4.69) is 0 Å². The van der Waals surface area contributed by atoms with E-state index in [1.807, 2.05) is 0 Å². The average Bonchev–Trinajstić information content (AvgIpc) is 2.04. The molecule has 0 aliphatic carbocycles. The summed E-state index contributed by atoms with van der Waals surface area (Å²) in [4.78, 5) is 0. The van der Waals surface area contributed by atoms with Gasteiger partial charge in [-0.2, -0.15) is 0 Å². The van der Waals surface area contributed by atoms with Crippen LogP contribution < -0.4 is 0 Å². The van der Waals surface area contributed by atoms with E-state index in [9.17, 15) is 8.96 Å². The van der Waals surface area contributed by atoms with Gasteiger partial charge < -0.3 is 0 Å². The van der Waals surface area contributed by atoms with Gasteiger partial charge in [0, 0.05) is 5.56 Å². The first kappa shape index (κ1) is 10.3. The molecule has 0 fully saturated rings. The number of benzene rings is 1. The Morgan fingerprint density at radius 1 is 1.54 bits per heavy atom. The van der Waals surface area contributed by atoms with Crippen LogP contribution in [0.15, 0.2) is 24.3 Å². The van der Waals surface area contributed by atoms with Crippen molar-refractivity contribution in [2.75, 3.05) is 6.61 Å². The minimum Gasteiger partial charge on any atom is -0.207 e. The molecule has 0 bridgehead atoms. The molecule has 0 radical (unpaired) electrons. The van der Waals surface area contributed by atoms with Crippen molar-refractivity contribution in [2.24, 2.45) is 0 Å². The van der Waals surface area contributed by atoms with Crippen LogP contribution in [0.1, 0.15) is 12.5 Å². The molecule has 13 heavy (non-hydrogen) atoms. The highest BCUT2D eigenvalue weighted by Crippen LogP contribution is 2.27. The molecule has 1 atom stereocenters. The zero-order chi connectivity index (χ0) is 9.68. The third-order valence-electron chi connectivity index (χ3n) is 1.47. The molecule has 1 rings (SSSR count). The van der Waals surface area contributed by atoms with Crippen molar-refractivity contribution in [3.05, 3.63) is 35.6 Å². The van der Waals surface area contributed by atoms with E-state index in [1.165, 1.54) is 12.1 Å². The van der Waals surface area contributed by atoms with Crippen molar-refractivity contribution >= 4 is 8.03 Å². The second-order valence-electron chi connectivity index (χ2n) is 2.54. The van der Waals surface area contributed by atoms with Crippen LogP contribution >= 0.6 is 8.03 Å². The molecule has 1 aromatic carbocycles. The lowest BCUT2D eigenvalue weighted by atomic mass is 10.2. The van der Waals surface area contributed by atoms with E-state index >= 15 is 0 Å². The molecule has 4 heteroatoms. The average molecular weight is 201 g/mol. The first-order valence-corrected chi connectivity index (χ1v) is 5.40. The highest BCUT2D eigenvalue weighted by molar-refractivity contribution is 7.38. The lowest BCUT2D eigenvalue weighted by molar-refractivity contribution is 0.350. The Morgan fingerprint density at radius 2 is 2.31 bits per heavy atom. The van der Waals surface area contributed by atoms with Gasteiger partial charge in [-0.1, -0.05) is 12.1 Å². The maximum Gasteiger partial charge on any atom is 0.512 e. The van der Waals surface area contributed by atoms with E-state index in [-0.39, 0.29) is 12.0 Å². The molecule has 0 saturated carbocycles. The van der Waals surface area contributed by atoms with E-state index in [1.54, 1.807) is 19.1 Å². The first-order valence-electron chi connectivity index (χ1n) is 4.04. The van der Waals surface area contributed by atoms with Crippen LogP contribution in [-0.2, 0) is 15.3 Å². The van der Waals surface area contributed by atoms with Crippen molar-refractivity contribution in [3.63, 3.8) is 0 Å². The normalized spacial score (nSPS) is 11.4. The Balaban J connectivity index is 2.58. The molecule has 1 aromatic rings. The summed E-state index contributed by atoms with van der Waals surface area (Å²) in [6, 6.07) is 6.05. The fourth-order valence-corrected chi connectivity index (χ4v) is 1.85. The SMILES string of the molecule is CCO[P+](=O)Cc1cccc(F)c1. The van der Waals surface area contributed by atoms with Crippen LogP contribution in [0.3, 0.4) is 0 Å². The zero-order valence-corrected chi connectivity index (χ0v) is 8.26. The van der Waals surface area contributed by atoms with Gasteiger partial charge in [-0.15, -0.1) is 4.52 Å². The highest BCUT2D eigenvalue weighted by atomic mass is 31.1. The molecule has 0 amide bonds. The second-order valence-corrected chi connectivity index (χ2v) is 3.78. The van der Waals surface area contributed by atoms with Crippen LogP contribution in [0.5, 0.6) is 0 Å². The molecule has 0 spiro atoms. The maximum absolute atomic E-state index is 12.7. The fourth-order valence-electron chi connectivity index (χ4n) is 0.974. The summed E-state index contributed by atoms with van der Waals surface area (Å²) in [5, 5.41) is 0. The third kappa shape index (κ3) is 3.62. The molecule has 0 aliphatic rings. The van der Waals surface area contributed by atoms with Crippen molar-refractivity contribution in [1.82, 2.24) is 0 Å². The minimum absolute atomic E-state index is 0.279. The molecule has 0 aromatic heterocycles. The third-order valence-corrected chi connectivity index (χ3v) is 2.64. The van der Waals surface area contributed by atoms with Gasteiger partial charge in [0.05, 0.1) is 6.61 Å². The van der Waals surface area contributed by atoms with Crippen LogP contribution in [0.4, 0.5) is 4.39 Å². The Hall–Kier alpha value is -0.790. The Morgan fingerprint density at radius 3 is 2.92 bits per heavy atom. The Labute approximate surface area is 77.6 Å². The van der Waals surface area contributed by atoms with Gasteiger partial charge in [-0.25, -0.2) is 4.39 Å². The molecule has 0 heterocycles. The molecule has 0 N–H and O–H groups in total. The van der Waals surface area contributed by atoms with Gasteiger partial charge in [0.2, 0.25) is 6.16 Å². The lowest BCUT2D eigenvalue weighted by Crippen LogP contribution is -1.84. The smallest absolute Gasteiger partial charge is 0.207 e. The summed E-state index contributed by atoms with van der Waals surface area (Å²) < 4.78 is 28.7. The van der Waals surface area contributed by atoms with Crippen LogP contribution in [-0.4, -0.2) is 6.61 Å². The quantitative estimate of drug-likeness (QED) is 0.699. The number of rotatable bonds is 4.